The predicted octanol–water partition coefficient (Wildman–Crippen LogP) is 6.63. The van der Waals surface area contributed by atoms with Gasteiger partial charge < -0.3 is 16.3 Å². The molecule has 2 aromatic carbocycles. The molecule has 0 bridgehead atoms. The fraction of sp³-hybridized carbons (Fsp3) is 0.172. The highest BCUT2D eigenvalue weighted by Crippen LogP contribution is 2.41. The minimum absolute atomic E-state index is 0.0130. The van der Waals surface area contributed by atoms with Crippen molar-refractivity contribution >= 4 is 58.1 Å². The van der Waals surface area contributed by atoms with E-state index in [1.807, 2.05) is 24.5 Å². The number of carbonyl (C=O) groups is 2. The number of Topliss-reactive ketones (excluding diaryl/α,β-unsaturated/α-hetero) is 1. The Bertz CT molecular complexity index is 1420. The Morgan fingerprint density at radius 1 is 1.05 bits per heavy atom. The van der Waals surface area contributed by atoms with Crippen LogP contribution in [0.15, 0.2) is 65.9 Å². The third-order valence-corrected chi connectivity index (χ3v) is 7.60. The summed E-state index contributed by atoms with van der Waals surface area (Å²) >= 11 is 7.34. The molecule has 4 N–H and O–H groups in total. The molecule has 0 aliphatic heterocycles. The molecule has 3 rings (SSSR count). The maximum atomic E-state index is 12.4. The average Bonchev–Trinajstić information content (AvgIpc) is 2.86. The van der Waals surface area contributed by atoms with Crippen molar-refractivity contribution < 1.29 is 9.59 Å². The van der Waals surface area contributed by atoms with Gasteiger partial charge in [-0.25, -0.2) is 9.97 Å². The Balaban J connectivity index is 1.90. The number of carbonyl (C=O) groups excluding carboxylic acids is 2. The van der Waals surface area contributed by atoms with E-state index in [4.69, 9.17) is 23.1 Å². The van der Waals surface area contributed by atoms with Gasteiger partial charge in [0.25, 0.3) is 0 Å². The molecule has 8 heteroatoms. The first-order valence-corrected chi connectivity index (χ1v) is 12.6. The van der Waals surface area contributed by atoms with Gasteiger partial charge in [-0.05, 0) is 61.3 Å². The van der Waals surface area contributed by atoms with Crippen LogP contribution >= 0.6 is 23.4 Å². The number of allylic oxidation sites excluding steroid dienone is 2. The third kappa shape index (κ3) is 5.84. The van der Waals surface area contributed by atoms with Crippen LogP contribution in [0, 0.1) is 6.92 Å². The van der Waals surface area contributed by atoms with Gasteiger partial charge >= 0.3 is 0 Å². The number of rotatable bonds is 9. The number of nitrogen functional groups attached to an aromatic ring is 2. The number of aryl methyl sites for hydroxylation is 1. The van der Waals surface area contributed by atoms with Crippen molar-refractivity contribution in [1.29, 1.82) is 0 Å². The number of anilines is 2. The topological polar surface area (TPSA) is 112 Å². The summed E-state index contributed by atoms with van der Waals surface area (Å²) in [5.74, 6) is 0.483. The fourth-order valence-corrected chi connectivity index (χ4v) is 4.91. The Hall–Kier alpha value is -3.68. The molecule has 1 aromatic heterocycles. The molecular weight excluding hydrogens is 504 g/mol. The van der Waals surface area contributed by atoms with Crippen molar-refractivity contribution in [2.45, 2.75) is 33.1 Å². The summed E-state index contributed by atoms with van der Waals surface area (Å²) in [4.78, 5) is 33.6. The predicted molar refractivity (Wildman–Crippen MR) is 155 cm³/mol. The van der Waals surface area contributed by atoms with Crippen molar-refractivity contribution in [2.24, 2.45) is 0 Å². The van der Waals surface area contributed by atoms with Crippen LogP contribution in [0.25, 0.3) is 11.1 Å². The van der Waals surface area contributed by atoms with E-state index in [0.29, 0.717) is 49.4 Å². The number of nitrogens with zero attached hydrogens (tertiary/aromatic N) is 2. The maximum absolute atomic E-state index is 12.4. The van der Waals surface area contributed by atoms with E-state index in [0.717, 1.165) is 17.4 Å². The van der Waals surface area contributed by atoms with Crippen LogP contribution in [0.4, 0.5) is 11.5 Å². The van der Waals surface area contributed by atoms with Crippen molar-refractivity contribution in [1.82, 2.24) is 9.97 Å². The zero-order valence-corrected chi connectivity index (χ0v) is 22.8. The molecule has 1 unspecified atom stereocenters. The molecule has 0 aliphatic rings. The number of hydrogen-bond donors (Lipinski definition) is 2. The first-order chi connectivity index (χ1) is 17.4. The smallest absolute Gasteiger partial charge is 0.161 e. The molecule has 0 aliphatic carbocycles. The number of benzene rings is 2. The first kappa shape index (κ1) is 27.9. The minimum atomic E-state index is -1.15. The van der Waals surface area contributed by atoms with E-state index in [-0.39, 0.29) is 11.6 Å². The Morgan fingerprint density at radius 3 is 2.22 bits per heavy atom. The molecule has 0 spiro atoms. The number of thioether (sulfide) groups is 1. The summed E-state index contributed by atoms with van der Waals surface area (Å²) in [6, 6.07) is 12.4. The summed E-state index contributed by atoms with van der Waals surface area (Å²) in [7, 11) is 0. The Labute approximate surface area is 226 Å². The highest BCUT2D eigenvalue weighted by Gasteiger charge is 2.35. The largest absolute Gasteiger partial charge is 0.398 e. The maximum Gasteiger partial charge on any atom is 0.161 e. The van der Waals surface area contributed by atoms with E-state index in [1.54, 1.807) is 44.2 Å². The van der Waals surface area contributed by atoms with Crippen LogP contribution < -0.4 is 11.5 Å². The Morgan fingerprint density at radius 2 is 1.68 bits per heavy atom. The fourth-order valence-electron chi connectivity index (χ4n) is 3.88. The van der Waals surface area contributed by atoms with Gasteiger partial charge in [-0.15, -0.1) is 11.8 Å². The summed E-state index contributed by atoms with van der Waals surface area (Å²) in [5, 5.41) is 2.43. The summed E-state index contributed by atoms with van der Waals surface area (Å²) in [6.07, 6.45) is 0.806. The summed E-state index contributed by atoms with van der Waals surface area (Å²) < 4.78 is 0. The van der Waals surface area contributed by atoms with Gasteiger partial charge in [-0.2, -0.15) is 0 Å². The van der Waals surface area contributed by atoms with Crippen LogP contribution in [0.5, 0.6) is 0 Å². The van der Waals surface area contributed by atoms with Crippen LogP contribution in [0.1, 0.15) is 59.3 Å². The number of hydrogen-bond acceptors (Lipinski definition) is 7. The lowest BCUT2D eigenvalue weighted by molar-refractivity contribution is -0.110. The molecule has 1 heterocycles. The molecule has 0 amide bonds. The lowest BCUT2D eigenvalue weighted by Gasteiger charge is -2.28. The molecule has 1 atom stereocenters. The molecule has 3 aromatic rings. The number of nitrogens with two attached hydrogens (primary N) is 2. The van der Waals surface area contributed by atoms with Gasteiger partial charge in [0.2, 0.25) is 0 Å². The summed E-state index contributed by atoms with van der Waals surface area (Å²) in [6.45, 7) is 15.3. The average molecular weight is 533 g/mol. The minimum Gasteiger partial charge on any atom is -0.398 e. The van der Waals surface area contributed by atoms with Gasteiger partial charge in [0, 0.05) is 38.7 Å². The third-order valence-electron chi connectivity index (χ3n) is 6.19. The van der Waals surface area contributed by atoms with Crippen LogP contribution in [-0.4, -0.2) is 22.0 Å². The molecular formula is C29H29ClN4O2S. The van der Waals surface area contributed by atoms with E-state index < -0.39 is 5.41 Å². The molecule has 0 radical (unpaired) electrons. The number of halogens is 1. The van der Waals surface area contributed by atoms with E-state index in [2.05, 4.69) is 23.1 Å². The van der Waals surface area contributed by atoms with Gasteiger partial charge in [0.1, 0.15) is 12.1 Å². The Kier molecular flexibility index (Phi) is 8.41. The van der Waals surface area contributed by atoms with Crippen LogP contribution in [-0.2, 0) is 10.2 Å². The van der Waals surface area contributed by atoms with E-state index >= 15 is 0 Å². The molecule has 0 saturated heterocycles. The second kappa shape index (κ2) is 11.2. The van der Waals surface area contributed by atoms with Crippen LogP contribution in [0.2, 0.25) is 5.02 Å². The normalized spacial score (nSPS) is 13.1. The molecule has 37 heavy (non-hydrogen) atoms. The van der Waals surface area contributed by atoms with Gasteiger partial charge in [-0.1, -0.05) is 55.1 Å². The van der Waals surface area contributed by atoms with Gasteiger partial charge in [0.15, 0.2) is 11.6 Å². The lowest BCUT2D eigenvalue weighted by atomic mass is 9.83. The molecule has 190 valence electrons. The second-order valence-electron chi connectivity index (χ2n) is 8.90. The molecule has 6 nitrogen and oxygen atoms in total. The number of aldehydes is 1. The second-order valence-corrected chi connectivity index (χ2v) is 10.3. The SMILES string of the molecule is C=C(c1nc(C)c(C(C)(C=O)C(=C)S/C=C(\C)c2ccc(C(C)=O)cc2)c(N)n1)c1ccc(Cl)cc1N. The van der Waals surface area contributed by atoms with E-state index in [1.165, 1.54) is 18.7 Å². The zero-order chi connectivity index (χ0) is 27.5. The van der Waals surface area contributed by atoms with Crippen molar-refractivity contribution in [2.75, 3.05) is 11.5 Å². The quantitative estimate of drug-likeness (QED) is 0.180. The van der Waals surface area contributed by atoms with Crippen LogP contribution in [0.3, 0.4) is 0 Å². The molecule has 0 saturated carbocycles. The zero-order valence-electron chi connectivity index (χ0n) is 21.3. The van der Waals surface area contributed by atoms with Crippen molar-refractivity contribution in [3.05, 3.63) is 105 Å². The lowest BCUT2D eigenvalue weighted by Crippen LogP contribution is -2.28. The number of ketones is 1. The monoisotopic (exact) mass is 532 g/mol. The summed E-state index contributed by atoms with van der Waals surface area (Å²) in [5.41, 5.74) is 16.5. The first-order valence-electron chi connectivity index (χ1n) is 11.4. The van der Waals surface area contributed by atoms with E-state index in [9.17, 15) is 9.59 Å². The highest BCUT2D eigenvalue weighted by molar-refractivity contribution is 8.06. The molecule has 0 fully saturated rings. The highest BCUT2D eigenvalue weighted by atomic mass is 35.5. The van der Waals surface area contributed by atoms with Crippen molar-refractivity contribution in [3.63, 3.8) is 0 Å². The number of aromatic nitrogens is 2. The van der Waals surface area contributed by atoms with Gasteiger partial charge in [-0.3, -0.25) is 4.79 Å². The standard InChI is InChI=1S/C29H29ClN4O2S/c1-16(21-7-9-22(10-8-21)19(4)36)14-37-20(5)29(6,15-35)26-18(3)33-28(34-27(26)32)17(2)24-12-11-23(30)13-25(24)31/h7-15H,2,5,31H2,1,3-4,6H3,(H2,32,33,34)/b16-14+. The van der Waals surface area contributed by atoms with Crippen molar-refractivity contribution in [3.8, 4) is 0 Å². The van der Waals surface area contributed by atoms with Gasteiger partial charge in [0.05, 0.1) is 5.41 Å².